The number of nitrogen functional groups attached to an aromatic ring is 1. The molecular formula is C13H10ClF2N. The monoisotopic (exact) mass is 253 g/mol. The van der Waals surface area contributed by atoms with E-state index in [-0.39, 0.29) is 11.3 Å². The maximum atomic E-state index is 13.7. The fraction of sp³-hybridized carbons (Fsp3) is 0.0769. The first kappa shape index (κ1) is 11.9. The Kier molecular flexibility index (Phi) is 3.03. The van der Waals surface area contributed by atoms with Crippen LogP contribution >= 0.6 is 11.6 Å². The standard InChI is InChI=1S/C13H10ClF2N/c1-7-2-3-10(14)8(4-7)9-5-13(17)12(16)6-11(9)15/h2-6H,17H2,1H3. The molecule has 0 aliphatic carbocycles. The lowest BCUT2D eigenvalue weighted by Gasteiger charge is -2.08. The first-order chi connectivity index (χ1) is 7.99. The van der Waals surface area contributed by atoms with E-state index in [2.05, 4.69) is 0 Å². The molecule has 0 atom stereocenters. The number of benzene rings is 2. The van der Waals surface area contributed by atoms with Crippen molar-refractivity contribution in [1.82, 2.24) is 0 Å². The van der Waals surface area contributed by atoms with Crippen LogP contribution in [0.1, 0.15) is 5.56 Å². The molecule has 2 N–H and O–H groups in total. The van der Waals surface area contributed by atoms with E-state index in [0.717, 1.165) is 11.6 Å². The summed E-state index contributed by atoms with van der Waals surface area (Å²) >= 11 is 5.99. The first-order valence-electron chi connectivity index (χ1n) is 5.00. The van der Waals surface area contributed by atoms with Crippen molar-refractivity contribution in [2.45, 2.75) is 6.92 Å². The molecule has 0 saturated carbocycles. The van der Waals surface area contributed by atoms with E-state index in [1.807, 2.05) is 13.0 Å². The van der Waals surface area contributed by atoms with Gasteiger partial charge in [-0.05, 0) is 25.1 Å². The van der Waals surface area contributed by atoms with Gasteiger partial charge in [0.05, 0.1) is 5.69 Å². The molecule has 0 amide bonds. The van der Waals surface area contributed by atoms with Gasteiger partial charge in [-0.25, -0.2) is 8.78 Å². The van der Waals surface area contributed by atoms with Gasteiger partial charge in [0, 0.05) is 22.2 Å². The number of hydrogen-bond donors (Lipinski definition) is 1. The van der Waals surface area contributed by atoms with Crippen molar-refractivity contribution < 1.29 is 8.78 Å². The van der Waals surface area contributed by atoms with Crippen molar-refractivity contribution in [3.8, 4) is 11.1 Å². The van der Waals surface area contributed by atoms with Crippen LogP contribution in [0.25, 0.3) is 11.1 Å². The number of anilines is 1. The van der Waals surface area contributed by atoms with Crippen LogP contribution in [0.5, 0.6) is 0 Å². The molecule has 0 unspecified atom stereocenters. The molecule has 0 saturated heterocycles. The Morgan fingerprint density at radius 2 is 1.71 bits per heavy atom. The maximum absolute atomic E-state index is 13.7. The van der Waals surface area contributed by atoms with Gasteiger partial charge < -0.3 is 5.73 Å². The molecule has 4 heteroatoms. The summed E-state index contributed by atoms with van der Waals surface area (Å²) in [6.07, 6.45) is 0. The Balaban J connectivity index is 2.68. The van der Waals surface area contributed by atoms with Crippen molar-refractivity contribution in [2.24, 2.45) is 0 Å². The Bertz CT molecular complexity index is 582. The Hall–Kier alpha value is -1.61. The van der Waals surface area contributed by atoms with E-state index in [0.29, 0.717) is 10.6 Å². The molecule has 0 aromatic heterocycles. The highest BCUT2D eigenvalue weighted by molar-refractivity contribution is 6.33. The van der Waals surface area contributed by atoms with Crippen molar-refractivity contribution in [3.05, 3.63) is 52.6 Å². The largest absolute Gasteiger partial charge is 0.396 e. The van der Waals surface area contributed by atoms with Gasteiger partial charge in [-0.15, -0.1) is 0 Å². The summed E-state index contributed by atoms with van der Waals surface area (Å²) in [5, 5.41) is 0.403. The van der Waals surface area contributed by atoms with Crippen LogP contribution in [-0.2, 0) is 0 Å². The molecule has 0 spiro atoms. The fourth-order valence-corrected chi connectivity index (χ4v) is 1.84. The minimum atomic E-state index is -0.768. The third-order valence-electron chi connectivity index (χ3n) is 2.50. The molecule has 0 aliphatic rings. The van der Waals surface area contributed by atoms with Gasteiger partial charge in [-0.1, -0.05) is 23.2 Å². The SMILES string of the molecule is Cc1ccc(Cl)c(-c2cc(N)c(F)cc2F)c1. The normalized spacial score (nSPS) is 10.6. The van der Waals surface area contributed by atoms with Gasteiger partial charge >= 0.3 is 0 Å². The molecule has 2 rings (SSSR count). The third kappa shape index (κ3) is 2.24. The van der Waals surface area contributed by atoms with Crippen molar-refractivity contribution in [1.29, 1.82) is 0 Å². The van der Waals surface area contributed by atoms with E-state index in [4.69, 9.17) is 17.3 Å². The summed E-state index contributed by atoms with van der Waals surface area (Å²) in [4.78, 5) is 0. The highest BCUT2D eigenvalue weighted by Crippen LogP contribution is 2.32. The van der Waals surface area contributed by atoms with E-state index in [1.54, 1.807) is 12.1 Å². The molecule has 17 heavy (non-hydrogen) atoms. The Labute approximate surface area is 103 Å². The average Bonchev–Trinajstić information content (AvgIpc) is 2.27. The van der Waals surface area contributed by atoms with Crippen molar-refractivity contribution in [3.63, 3.8) is 0 Å². The van der Waals surface area contributed by atoms with Gasteiger partial charge in [0.15, 0.2) is 0 Å². The summed E-state index contributed by atoms with van der Waals surface area (Å²) in [5.74, 6) is -1.45. The van der Waals surface area contributed by atoms with Crippen LogP contribution in [-0.4, -0.2) is 0 Å². The third-order valence-corrected chi connectivity index (χ3v) is 2.83. The zero-order chi connectivity index (χ0) is 12.6. The van der Waals surface area contributed by atoms with Gasteiger partial charge in [0.1, 0.15) is 11.6 Å². The van der Waals surface area contributed by atoms with Crippen LogP contribution in [0.15, 0.2) is 30.3 Å². The Morgan fingerprint density at radius 3 is 2.41 bits per heavy atom. The molecule has 0 fully saturated rings. The van der Waals surface area contributed by atoms with Crippen LogP contribution in [0.4, 0.5) is 14.5 Å². The minimum Gasteiger partial charge on any atom is -0.396 e. The van der Waals surface area contributed by atoms with Gasteiger partial charge in [-0.2, -0.15) is 0 Å². The lowest BCUT2D eigenvalue weighted by molar-refractivity contribution is 0.588. The molecule has 0 heterocycles. The van der Waals surface area contributed by atoms with Gasteiger partial charge in [0.2, 0.25) is 0 Å². The number of halogens is 3. The zero-order valence-electron chi connectivity index (χ0n) is 9.10. The number of rotatable bonds is 1. The highest BCUT2D eigenvalue weighted by Gasteiger charge is 2.12. The average molecular weight is 254 g/mol. The van der Waals surface area contributed by atoms with Gasteiger partial charge in [-0.3, -0.25) is 0 Å². The summed E-state index contributed by atoms with van der Waals surface area (Å²) in [5.41, 5.74) is 6.98. The number of aryl methyl sites for hydroxylation is 1. The summed E-state index contributed by atoms with van der Waals surface area (Å²) < 4.78 is 26.7. The van der Waals surface area contributed by atoms with E-state index < -0.39 is 11.6 Å². The second-order valence-corrected chi connectivity index (χ2v) is 4.24. The zero-order valence-corrected chi connectivity index (χ0v) is 9.85. The van der Waals surface area contributed by atoms with Gasteiger partial charge in [0.25, 0.3) is 0 Å². The fourth-order valence-electron chi connectivity index (χ4n) is 1.62. The number of nitrogens with two attached hydrogens (primary N) is 1. The minimum absolute atomic E-state index is 0.0982. The summed E-state index contributed by atoms with van der Waals surface area (Å²) in [6, 6.07) is 7.24. The predicted molar refractivity (Wildman–Crippen MR) is 66.0 cm³/mol. The van der Waals surface area contributed by atoms with Crippen molar-refractivity contribution >= 4 is 17.3 Å². The first-order valence-corrected chi connectivity index (χ1v) is 5.38. The van der Waals surface area contributed by atoms with Crippen LogP contribution in [0, 0.1) is 18.6 Å². The lowest BCUT2D eigenvalue weighted by Crippen LogP contribution is -1.95. The molecule has 88 valence electrons. The van der Waals surface area contributed by atoms with E-state index >= 15 is 0 Å². The second-order valence-electron chi connectivity index (χ2n) is 3.84. The Morgan fingerprint density at radius 1 is 1.00 bits per heavy atom. The highest BCUT2D eigenvalue weighted by atomic mass is 35.5. The van der Waals surface area contributed by atoms with Crippen LogP contribution in [0.3, 0.4) is 0 Å². The second kappa shape index (κ2) is 4.34. The maximum Gasteiger partial charge on any atom is 0.149 e. The molecular weight excluding hydrogens is 244 g/mol. The quantitative estimate of drug-likeness (QED) is 0.758. The van der Waals surface area contributed by atoms with Crippen LogP contribution in [0.2, 0.25) is 5.02 Å². The van der Waals surface area contributed by atoms with Crippen LogP contribution < -0.4 is 5.73 Å². The summed E-state index contributed by atoms with van der Waals surface area (Å²) in [7, 11) is 0. The van der Waals surface area contributed by atoms with E-state index in [9.17, 15) is 8.78 Å². The molecule has 0 radical (unpaired) electrons. The molecule has 2 aromatic carbocycles. The number of hydrogen-bond acceptors (Lipinski definition) is 1. The summed E-state index contributed by atoms with van der Waals surface area (Å²) in [6.45, 7) is 1.87. The van der Waals surface area contributed by atoms with E-state index in [1.165, 1.54) is 6.07 Å². The molecule has 2 aromatic rings. The molecule has 0 bridgehead atoms. The lowest BCUT2D eigenvalue weighted by atomic mass is 10.0. The predicted octanol–water partition coefficient (Wildman–Crippen LogP) is 4.18. The molecule has 0 aliphatic heterocycles. The van der Waals surface area contributed by atoms with Crippen molar-refractivity contribution in [2.75, 3.05) is 5.73 Å². The smallest absolute Gasteiger partial charge is 0.149 e. The molecule has 1 nitrogen and oxygen atoms in total. The topological polar surface area (TPSA) is 26.0 Å².